The van der Waals surface area contributed by atoms with Gasteiger partial charge in [0.05, 0.1) is 17.6 Å². The molecule has 22 heavy (non-hydrogen) atoms. The molecule has 0 unspecified atom stereocenters. The molecule has 0 aliphatic carbocycles. The van der Waals surface area contributed by atoms with Gasteiger partial charge in [-0.15, -0.1) is 0 Å². The van der Waals surface area contributed by atoms with E-state index in [1.54, 1.807) is 0 Å². The van der Waals surface area contributed by atoms with E-state index in [2.05, 4.69) is 69.4 Å². The molecule has 1 fully saturated rings. The van der Waals surface area contributed by atoms with Gasteiger partial charge in [0.25, 0.3) is 0 Å². The van der Waals surface area contributed by atoms with Crippen LogP contribution >= 0.6 is 0 Å². The van der Waals surface area contributed by atoms with Gasteiger partial charge >= 0.3 is 0 Å². The first-order valence-electron chi connectivity index (χ1n) is 7.87. The molecule has 4 nitrogen and oxygen atoms in total. The number of fused-ring (bicyclic) bond motifs is 1. The zero-order chi connectivity index (χ0) is 14.8. The van der Waals surface area contributed by atoms with Gasteiger partial charge in [-0.3, -0.25) is 9.47 Å². The molecule has 4 heteroatoms. The second-order valence-corrected chi connectivity index (χ2v) is 5.71. The van der Waals surface area contributed by atoms with E-state index in [1.807, 2.05) is 0 Å². The Bertz CT molecular complexity index is 757. The molecule has 1 aliphatic heterocycles. The molecular formula is C18H20N4. The summed E-state index contributed by atoms with van der Waals surface area (Å²) in [5.41, 5.74) is 3.43. The van der Waals surface area contributed by atoms with E-state index >= 15 is 0 Å². The SMILES string of the molecule is c1ccc(-n2c(CN3CCNCC3)nc3ccccc32)cc1. The van der Waals surface area contributed by atoms with Crippen LogP contribution in [0.4, 0.5) is 0 Å². The van der Waals surface area contributed by atoms with Crippen molar-refractivity contribution in [3.8, 4) is 5.69 Å². The highest BCUT2D eigenvalue weighted by atomic mass is 15.2. The summed E-state index contributed by atoms with van der Waals surface area (Å²) in [6, 6.07) is 18.9. The summed E-state index contributed by atoms with van der Waals surface area (Å²) in [6.45, 7) is 5.18. The molecule has 112 valence electrons. The third kappa shape index (κ3) is 2.51. The average Bonchev–Trinajstić information content (AvgIpc) is 2.94. The molecule has 1 N–H and O–H groups in total. The number of para-hydroxylation sites is 3. The first-order valence-corrected chi connectivity index (χ1v) is 7.87. The third-order valence-corrected chi connectivity index (χ3v) is 4.22. The van der Waals surface area contributed by atoms with Gasteiger partial charge in [-0.1, -0.05) is 30.3 Å². The quantitative estimate of drug-likeness (QED) is 0.805. The molecule has 1 aliphatic rings. The first kappa shape index (κ1) is 13.5. The summed E-state index contributed by atoms with van der Waals surface area (Å²) in [7, 11) is 0. The molecule has 2 heterocycles. The number of rotatable bonds is 3. The molecule has 0 saturated carbocycles. The van der Waals surface area contributed by atoms with Crippen LogP contribution < -0.4 is 5.32 Å². The maximum atomic E-state index is 4.88. The fourth-order valence-corrected chi connectivity index (χ4v) is 3.12. The maximum absolute atomic E-state index is 4.88. The van der Waals surface area contributed by atoms with E-state index in [9.17, 15) is 0 Å². The molecule has 0 atom stereocenters. The summed E-state index contributed by atoms with van der Waals surface area (Å²) in [5.74, 6) is 1.12. The van der Waals surface area contributed by atoms with Crippen molar-refractivity contribution in [2.75, 3.05) is 26.2 Å². The predicted molar refractivity (Wildman–Crippen MR) is 89.2 cm³/mol. The topological polar surface area (TPSA) is 33.1 Å². The standard InChI is InChI=1S/C18H20N4/c1-2-6-15(7-3-1)22-17-9-5-4-8-16(17)20-18(22)14-21-12-10-19-11-13-21/h1-9,19H,10-14H2. The molecule has 1 aromatic heterocycles. The number of imidazole rings is 1. The van der Waals surface area contributed by atoms with Crippen LogP contribution in [-0.2, 0) is 6.54 Å². The van der Waals surface area contributed by atoms with Crippen molar-refractivity contribution in [2.45, 2.75) is 6.54 Å². The molecular weight excluding hydrogens is 272 g/mol. The van der Waals surface area contributed by atoms with Crippen LogP contribution in [0.2, 0.25) is 0 Å². The minimum absolute atomic E-state index is 0.894. The first-order chi connectivity index (χ1) is 10.9. The van der Waals surface area contributed by atoms with Crippen molar-refractivity contribution >= 4 is 11.0 Å². The molecule has 2 aromatic carbocycles. The second-order valence-electron chi connectivity index (χ2n) is 5.71. The van der Waals surface area contributed by atoms with Crippen LogP contribution in [0, 0.1) is 0 Å². The Morgan fingerprint density at radius 1 is 0.909 bits per heavy atom. The van der Waals surface area contributed by atoms with Crippen molar-refractivity contribution in [2.24, 2.45) is 0 Å². The van der Waals surface area contributed by atoms with E-state index < -0.39 is 0 Å². The van der Waals surface area contributed by atoms with Crippen LogP contribution in [0.15, 0.2) is 54.6 Å². The number of aromatic nitrogens is 2. The fraction of sp³-hybridized carbons (Fsp3) is 0.278. The smallest absolute Gasteiger partial charge is 0.128 e. The average molecular weight is 292 g/mol. The van der Waals surface area contributed by atoms with Crippen molar-refractivity contribution in [3.63, 3.8) is 0 Å². The Hall–Kier alpha value is -2.17. The van der Waals surface area contributed by atoms with E-state index in [0.29, 0.717) is 0 Å². The third-order valence-electron chi connectivity index (χ3n) is 4.22. The fourth-order valence-electron chi connectivity index (χ4n) is 3.12. The zero-order valence-corrected chi connectivity index (χ0v) is 12.6. The molecule has 4 rings (SSSR count). The summed E-state index contributed by atoms with van der Waals surface area (Å²) >= 11 is 0. The molecule has 0 bridgehead atoms. The lowest BCUT2D eigenvalue weighted by Gasteiger charge is -2.27. The van der Waals surface area contributed by atoms with Crippen LogP contribution in [-0.4, -0.2) is 40.6 Å². The van der Waals surface area contributed by atoms with E-state index in [1.165, 1.54) is 11.2 Å². The maximum Gasteiger partial charge on any atom is 0.128 e. The van der Waals surface area contributed by atoms with Crippen molar-refractivity contribution in [1.82, 2.24) is 19.8 Å². The lowest BCUT2D eigenvalue weighted by Crippen LogP contribution is -2.43. The lowest BCUT2D eigenvalue weighted by molar-refractivity contribution is 0.227. The van der Waals surface area contributed by atoms with Gasteiger partial charge in [0.1, 0.15) is 5.82 Å². The minimum atomic E-state index is 0.894. The lowest BCUT2D eigenvalue weighted by atomic mass is 10.2. The van der Waals surface area contributed by atoms with Crippen molar-refractivity contribution < 1.29 is 0 Å². The monoisotopic (exact) mass is 292 g/mol. The Labute approximate surface area is 130 Å². The predicted octanol–water partition coefficient (Wildman–Crippen LogP) is 2.43. The van der Waals surface area contributed by atoms with Crippen LogP contribution in [0.25, 0.3) is 16.7 Å². The van der Waals surface area contributed by atoms with Gasteiger partial charge in [0.2, 0.25) is 0 Å². The number of piperazine rings is 1. The number of hydrogen-bond acceptors (Lipinski definition) is 3. The summed E-state index contributed by atoms with van der Waals surface area (Å²) in [5, 5.41) is 3.40. The molecule has 0 radical (unpaired) electrons. The van der Waals surface area contributed by atoms with Crippen LogP contribution in [0.3, 0.4) is 0 Å². The number of nitrogens with one attached hydrogen (secondary N) is 1. The Balaban J connectivity index is 1.79. The Morgan fingerprint density at radius 3 is 2.45 bits per heavy atom. The molecule has 3 aromatic rings. The normalized spacial score (nSPS) is 16.2. The van der Waals surface area contributed by atoms with E-state index in [-0.39, 0.29) is 0 Å². The summed E-state index contributed by atoms with van der Waals surface area (Å²) < 4.78 is 2.29. The van der Waals surface area contributed by atoms with E-state index in [0.717, 1.165) is 44.1 Å². The second kappa shape index (κ2) is 5.91. The largest absolute Gasteiger partial charge is 0.314 e. The van der Waals surface area contributed by atoms with Gasteiger partial charge in [0.15, 0.2) is 0 Å². The highest BCUT2D eigenvalue weighted by Gasteiger charge is 2.16. The highest BCUT2D eigenvalue weighted by Crippen LogP contribution is 2.22. The van der Waals surface area contributed by atoms with Gasteiger partial charge in [-0.2, -0.15) is 0 Å². The zero-order valence-electron chi connectivity index (χ0n) is 12.6. The molecule has 0 amide bonds. The minimum Gasteiger partial charge on any atom is -0.314 e. The van der Waals surface area contributed by atoms with Gasteiger partial charge in [0, 0.05) is 31.9 Å². The van der Waals surface area contributed by atoms with Gasteiger partial charge < -0.3 is 5.32 Å². The van der Waals surface area contributed by atoms with Crippen LogP contribution in [0.1, 0.15) is 5.82 Å². The van der Waals surface area contributed by atoms with Gasteiger partial charge in [-0.25, -0.2) is 4.98 Å². The van der Waals surface area contributed by atoms with Crippen LogP contribution in [0.5, 0.6) is 0 Å². The van der Waals surface area contributed by atoms with Gasteiger partial charge in [-0.05, 0) is 24.3 Å². The summed E-state index contributed by atoms with van der Waals surface area (Å²) in [4.78, 5) is 7.35. The van der Waals surface area contributed by atoms with Crippen molar-refractivity contribution in [1.29, 1.82) is 0 Å². The number of benzene rings is 2. The van der Waals surface area contributed by atoms with Crippen molar-refractivity contribution in [3.05, 3.63) is 60.4 Å². The highest BCUT2D eigenvalue weighted by molar-refractivity contribution is 5.78. The number of hydrogen-bond donors (Lipinski definition) is 1. The van der Waals surface area contributed by atoms with E-state index in [4.69, 9.17) is 4.98 Å². The number of nitrogens with zero attached hydrogens (tertiary/aromatic N) is 3. The Kier molecular flexibility index (Phi) is 3.62. The summed E-state index contributed by atoms with van der Waals surface area (Å²) in [6.07, 6.45) is 0. The molecule has 0 spiro atoms. The Morgan fingerprint density at radius 2 is 1.64 bits per heavy atom. The molecule has 1 saturated heterocycles.